The average molecular weight is 239 g/mol. The smallest absolute Gasteiger partial charge is 0.224 e. The molecule has 0 bridgehead atoms. The zero-order valence-corrected chi connectivity index (χ0v) is 9.97. The number of hydrogen-bond acceptors (Lipinski definition) is 2. The first-order valence-electron chi connectivity index (χ1n) is 5.42. The fraction of sp³-hybridized carbons (Fsp3) is 0.417. The molecule has 0 atom stereocenters. The van der Waals surface area contributed by atoms with E-state index in [1.807, 2.05) is 25.1 Å². The molecule has 1 amide bonds. The molecule has 0 radical (unpaired) electrons. The number of aryl methyl sites for hydroxylation is 1. The first-order valence-corrected chi connectivity index (χ1v) is 5.79. The van der Waals surface area contributed by atoms with E-state index in [1.54, 1.807) is 0 Å². The van der Waals surface area contributed by atoms with Crippen molar-refractivity contribution >= 4 is 23.2 Å². The maximum atomic E-state index is 11.7. The van der Waals surface area contributed by atoms with E-state index in [1.165, 1.54) is 0 Å². The van der Waals surface area contributed by atoms with Crippen LogP contribution in [0, 0.1) is 12.8 Å². The summed E-state index contributed by atoms with van der Waals surface area (Å²) < 4.78 is 0. The van der Waals surface area contributed by atoms with Crippen LogP contribution < -0.4 is 10.6 Å². The Morgan fingerprint density at radius 3 is 2.88 bits per heavy atom. The summed E-state index contributed by atoms with van der Waals surface area (Å²) in [5.41, 5.74) is 1.79. The Kier molecular flexibility index (Phi) is 3.46. The van der Waals surface area contributed by atoms with Crippen LogP contribution in [0.3, 0.4) is 0 Å². The van der Waals surface area contributed by atoms with Gasteiger partial charge >= 0.3 is 0 Å². The average Bonchev–Trinajstić information content (AvgIpc) is 2.16. The minimum atomic E-state index is 0.0391. The normalized spacial score (nSPS) is 15.6. The van der Waals surface area contributed by atoms with Gasteiger partial charge in [-0.1, -0.05) is 17.7 Å². The summed E-state index contributed by atoms with van der Waals surface area (Å²) in [7, 11) is 0. The standard InChI is InChI=1S/C12H15ClN2O/c1-8-2-3-11(10(13)4-8)15-12(16)5-9-6-14-7-9/h2-4,9,14H,5-7H2,1H3,(H,15,16). The van der Waals surface area contributed by atoms with Crippen molar-refractivity contribution in [3.05, 3.63) is 28.8 Å². The minimum Gasteiger partial charge on any atom is -0.325 e. The number of carbonyl (C=O) groups is 1. The van der Waals surface area contributed by atoms with Crippen molar-refractivity contribution in [3.63, 3.8) is 0 Å². The number of halogens is 1. The topological polar surface area (TPSA) is 41.1 Å². The largest absolute Gasteiger partial charge is 0.325 e. The van der Waals surface area contributed by atoms with Gasteiger partial charge in [-0.2, -0.15) is 0 Å². The Morgan fingerprint density at radius 2 is 2.31 bits per heavy atom. The van der Waals surface area contributed by atoms with E-state index in [0.29, 0.717) is 23.0 Å². The van der Waals surface area contributed by atoms with Crippen LogP contribution in [-0.4, -0.2) is 19.0 Å². The van der Waals surface area contributed by atoms with E-state index in [0.717, 1.165) is 18.7 Å². The molecule has 1 saturated heterocycles. The summed E-state index contributed by atoms with van der Waals surface area (Å²) in [6, 6.07) is 5.63. The molecular formula is C12H15ClN2O. The fourth-order valence-corrected chi connectivity index (χ4v) is 1.96. The van der Waals surface area contributed by atoms with Crippen LogP contribution >= 0.6 is 11.6 Å². The lowest BCUT2D eigenvalue weighted by Crippen LogP contribution is -2.43. The van der Waals surface area contributed by atoms with Gasteiger partial charge in [-0.05, 0) is 43.6 Å². The molecule has 86 valence electrons. The summed E-state index contributed by atoms with van der Waals surface area (Å²) in [5, 5.41) is 6.58. The molecule has 2 N–H and O–H groups in total. The molecule has 2 rings (SSSR count). The van der Waals surface area contributed by atoms with Crippen molar-refractivity contribution in [2.45, 2.75) is 13.3 Å². The zero-order chi connectivity index (χ0) is 11.5. The number of anilines is 1. The molecule has 0 saturated carbocycles. The van der Waals surface area contributed by atoms with Crippen molar-refractivity contribution in [2.75, 3.05) is 18.4 Å². The Hall–Kier alpha value is -1.06. The molecular weight excluding hydrogens is 224 g/mol. The fourth-order valence-electron chi connectivity index (χ4n) is 1.68. The Labute approximate surface area is 100 Å². The van der Waals surface area contributed by atoms with Crippen LogP contribution in [0.2, 0.25) is 5.02 Å². The maximum absolute atomic E-state index is 11.7. The van der Waals surface area contributed by atoms with Crippen LogP contribution in [0.5, 0.6) is 0 Å². The number of nitrogens with one attached hydrogen (secondary N) is 2. The van der Waals surface area contributed by atoms with Gasteiger partial charge in [0.15, 0.2) is 0 Å². The molecule has 16 heavy (non-hydrogen) atoms. The van der Waals surface area contributed by atoms with Gasteiger partial charge in [-0.25, -0.2) is 0 Å². The third-order valence-electron chi connectivity index (χ3n) is 2.74. The van der Waals surface area contributed by atoms with Gasteiger partial charge in [0.05, 0.1) is 10.7 Å². The molecule has 0 aromatic heterocycles. The second-order valence-corrected chi connectivity index (χ2v) is 4.67. The molecule has 0 aliphatic carbocycles. The van der Waals surface area contributed by atoms with Crippen LogP contribution in [0.15, 0.2) is 18.2 Å². The van der Waals surface area contributed by atoms with Crippen molar-refractivity contribution in [1.29, 1.82) is 0 Å². The van der Waals surface area contributed by atoms with Crippen LogP contribution in [0.4, 0.5) is 5.69 Å². The molecule has 3 nitrogen and oxygen atoms in total. The molecule has 1 aliphatic rings. The lowest BCUT2D eigenvalue weighted by Gasteiger charge is -2.26. The zero-order valence-electron chi connectivity index (χ0n) is 9.22. The van der Waals surface area contributed by atoms with Gasteiger partial charge in [0.2, 0.25) is 5.91 Å². The molecule has 1 fully saturated rings. The van der Waals surface area contributed by atoms with E-state index in [4.69, 9.17) is 11.6 Å². The van der Waals surface area contributed by atoms with Crippen molar-refractivity contribution in [1.82, 2.24) is 5.32 Å². The van der Waals surface area contributed by atoms with Gasteiger partial charge < -0.3 is 10.6 Å². The van der Waals surface area contributed by atoms with E-state index in [9.17, 15) is 4.79 Å². The van der Waals surface area contributed by atoms with Crippen molar-refractivity contribution < 1.29 is 4.79 Å². The summed E-state index contributed by atoms with van der Waals surface area (Å²) in [6.07, 6.45) is 0.567. The van der Waals surface area contributed by atoms with E-state index < -0.39 is 0 Å². The van der Waals surface area contributed by atoms with Crippen LogP contribution in [-0.2, 0) is 4.79 Å². The lowest BCUT2D eigenvalue weighted by molar-refractivity contribution is -0.117. The highest BCUT2D eigenvalue weighted by Gasteiger charge is 2.20. The Morgan fingerprint density at radius 1 is 1.56 bits per heavy atom. The van der Waals surface area contributed by atoms with Gasteiger partial charge in [-0.3, -0.25) is 4.79 Å². The van der Waals surface area contributed by atoms with Gasteiger partial charge in [-0.15, -0.1) is 0 Å². The third kappa shape index (κ3) is 2.74. The second kappa shape index (κ2) is 4.85. The summed E-state index contributed by atoms with van der Waals surface area (Å²) in [4.78, 5) is 11.7. The summed E-state index contributed by atoms with van der Waals surface area (Å²) in [5.74, 6) is 0.515. The quantitative estimate of drug-likeness (QED) is 0.848. The molecule has 4 heteroatoms. The molecule has 1 heterocycles. The van der Waals surface area contributed by atoms with E-state index >= 15 is 0 Å². The monoisotopic (exact) mass is 238 g/mol. The second-order valence-electron chi connectivity index (χ2n) is 4.26. The van der Waals surface area contributed by atoms with Gasteiger partial charge in [0.1, 0.15) is 0 Å². The minimum absolute atomic E-state index is 0.0391. The molecule has 1 aliphatic heterocycles. The number of carbonyl (C=O) groups excluding carboxylic acids is 1. The number of rotatable bonds is 3. The van der Waals surface area contributed by atoms with Crippen LogP contribution in [0.1, 0.15) is 12.0 Å². The predicted molar refractivity (Wildman–Crippen MR) is 65.8 cm³/mol. The maximum Gasteiger partial charge on any atom is 0.224 e. The number of amides is 1. The molecule has 1 aromatic rings. The highest BCUT2D eigenvalue weighted by molar-refractivity contribution is 6.33. The first kappa shape index (κ1) is 11.4. The molecule has 0 unspecified atom stereocenters. The van der Waals surface area contributed by atoms with Gasteiger partial charge in [0, 0.05) is 6.42 Å². The SMILES string of the molecule is Cc1ccc(NC(=O)CC2CNC2)c(Cl)c1. The molecule has 1 aromatic carbocycles. The predicted octanol–water partition coefficient (Wildman–Crippen LogP) is 2.20. The van der Waals surface area contributed by atoms with E-state index in [2.05, 4.69) is 10.6 Å². The molecule has 0 spiro atoms. The van der Waals surface area contributed by atoms with Crippen LogP contribution in [0.25, 0.3) is 0 Å². The Balaban J connectivity index is 1.94. The van der Waals surface area contributed by atoms with E-state index in [-0.39, 0.29) is 5.91 Å². The lowest BCUT2D eigenvalue weighted by atomic mass is 9.99. The highest BCUT2D eigenvalue weighted by Crippen LogP contribution is 2.23. The van der Waals surface area contributed by atoms with Gasteiger partial charge in [0.25, 0.3) is 0 Å². The van der Waals surface area contributed by atoms with Crippen molar-refractivity contribution in [3.8, 4) is 0 Å². The summed E-state index contributed by atoms with van der Waals surface area (Å²) >= 11 is 6.03. The van der Waals surface area contributed by atoms with Crippen molar-refractivity contribution in [2.24, 2.45) is 5.92 Å². The highest BCUT2D eigenvalue weighted by atomic mass is 35.5. The summed E-state index contributed by atoms with van der Waals surface area (Å²) in [6.45, 7) is 3.85. The Bertz CT molecular complexity index is 402. The third-order valence-corrected chi connectivity index (χ3v) is 3.05. The number of hydrogen-bond donors (Lipinski definition) is 2. The first-order chi connectivity index (χ1) is 7.65. The number of benzene rings is 1.